The van der Waals surface area contributed by atoms with Crippen molar-refractivity contribution in [1.29, 1.82) is 0 Å². The minimum Gasteiger partial charge on any atom is -0.471 e. The van der Waals surface area contributed by atoms with Gasteiger partial charge in [0.15, 0.2) is 0 Å². The maximum Gasteiger partial charge on any atom is 0.292 e. The zero-order valence-electron chi connectivity index (χ0n) is 29.8. The Morgan fingerprint density at radius 3 is 1.81 bits per heavy atom. The number of hydrogen-bond donors (Lipinski definition) is 1. The predicted molar refractivity (Wildman–Crippen MR) is 187 cm³/mol. The number of carbonyl (C=O) groups is 1. The lowest BCUT2D eigenvalue weighted by atomic mass is 9.81. The summed E-state index contributed by atoms with van der Waals surface area (Å²) in [6.45, 7) is 24.0. The van der Waals surface area contributed by atoms with Crippen molar-refractivity contribution in [3.8, 4) is 0 Å². The minimum absolute atomic E-state index is 0. The van der Waals surface area contributed by atoms with Crippen LogP contribution in [-0.4, -0.2) is 32.0 Å². The first-order valence-electron chi connectivity index (χ1n) is 16.9. The summed E-state index contributed by atoms with van der Waals surface area (Å²) >= 11 is 0. The van der Waals surface area contributed by atoms with Gasteiger partial charge in [0.25, 0.3) is 6.47 Å². The van der Waals surface area contributed by atoms with Crippen LogP contribution in [0, 0.1) is 5.82 Å². The SMILES string of the molecule is CC.CC.CC.CC(C)c1ccccc1F.CC1NCCC(c2ccc(C3CCCCCC3)cc2)C(C)(C)O1.COC=O.[HH]. The van der Waals surface area contributed by atoms with Crippen LogP contribution in [0.4, 0.5) is 4.39 Å². The van der Waals surface area contributed by atoms with Gasteiger partial charge in [0, 0.05) is 7.34 Å². The van der Waals surface area contributed by atoms with Gasteiger partial charge >= 0.3 is 0 Å². The van der Waals surface area contributed by atoms with Crippen molar-refractivity contribution < 1.29 is 20.1 Å². The van der Waals surface area contributed by atoms with Crippen molar-refractivity contribution in [2.24, 2.45) is 0 Å². The van der Waals surface area contributed by atoms with E-state index in [0.717, 1.165) is 24.4 Å². The molecule has 250 valence electrons. The van der Waals surface area contributed by atoms with E-state index in [9.17, 15) is 4.39 Å². The first-order chi connectivity index (χ1) is 20.7. The Morgan fingerprint density at radius 2 is 1.37 bits per heavy atom. The van der Waals surface area contributed by atoms with E-state index in [-0.39, 0.29) is 25.0 Å². The molecule has 1 saturated heterocycles. The molecular formula is C38H68FNO3. The lowest BCUT2D eigenvalue weighted by Crippen LogP contribution is -2.36. The van der Waals surface area contributed by atoms with Crippen molar-refractivity contribution in [3.05, 3.63) is 71.0 Å². The fourth-order valence-electron chi connectivity index (χ4n) is 5.48. The molecular weight excluding hydrogens is 537 g/mol. The highest BCUT2D eigenvalue weighted by Gasteiger charge is 2.35. The molecule has 1 heterocycles. The zero-order valence-corrected chi connectivity index (χ0v) is 29.8. The molecule has 0 amide bonds. The summed E-state index contributed by atoms with van der Waals surface area (Å²) in [5.74, 6) is 1.42. The molecule has 2 aliphatic rings. The van der Waals surface area contributed by atoms with Gasteiger partial charge in [-0.1, -0.05) is 124 Å². The lowest BCUT2D eigenvalue weighted by Gasteiger charge is -2.34. The number of hydrogen-bond acceptors (Lipinski definition) is 4. The Hall–Kier alpha value is -2.24. The summed E-state index contributed by atoms with van der Waals surface area (Å²) in [6, 6.07) is 16.4. The van der Waals surface area contributed by atoms with E-state index in [0.29, 0.717) is 12.4 Å². The average molecular weight is 606 g/mol. The Kier molecular flexibility index (Phi) is 26.1. The highest BCUT2D eigenvalue weighted by Crippen LogP contribution is 2.38. The quantitative estimate of drug-likeness (QED) is 0.278. The highest BCUT2D eigenvalue weighted by molar-refractivity contribution is 5.36. The van der Waals surface area contributed by atoms with E-state index in [4.69, 9.17) is 9.53 Å². The topological polar surface area (TPSA) is 47.6 Å². The second-order valence-corrected chi connectivity index (χ2v) is 11.0. The van der Waals surface area contributed by atoms with Gasteiger partial charge in [-0.05, 0) is 81.2 Å². The molecule has 0 aromatic heterocycles. The molecule has 1 aliphatic carbocycles. The third-order valence-electron chi connectivity index (χ3n) is 7.47. The molecule has 2 fully saturated rings. The first-order valence-corrected chi connectivity index (χ1v) is 16.9. The average Bonchev–Trinajstić information content (AvgIpc) is 3.39. The maximum atomic E-state index is 12.8. The van der Waals surface area contributed by atoms with Crippen molar-refractivity contribution in [3.63, 3.8) is 0 Å². The number of benzene rings is 2. The number of ether oxygens (including phenoxy) is 2. The molecule has 0 radical (unpaired) electrons. The highest BCUT2D eigenvalue weighted by atomic mass is 19.1. The van der Waals surface area contributed by atoms with Gasteiger partial charge < -0.3 is 9.47 Å². The van der Waals surface area contributed by atoms with Crippen LogP contribution in [0.5, 0.6) is 0 Å². The van der Waals surface area contributed by atoms with Crippen LogP contribution in [0.2, 0.25) is 0 Å². The number of rotatable bonds is 4. The van der Waals surface area contributed by atoms with Gasteiger partial charge in [-0.3, -0.25) is 10.1 Å². The Labute approximate surface area is 267 Å². The van der Waals surface area contributed by atoms with Crippen LogP contribution in [0.1, 0.15) is 157 Å². The summed E-state index contributed by atoms with van der Waals surface area (Å²) in [7, 11) is 1.31. The Bertz CT molecular complexity index is 913. The summed E-state index contributed by atoms with van der Waals surface area (Å²) in [5.41, 5.74) is 3.66. The Morgan fingerprint density at radius 1 is 0.884 bits per heavy atom. The monoisotopic (exact) mass is 606 g/mol. The van der Waals surface area contributed by atoms with Gasteiger partial charge in [0.1, 0.15) is 12.0 Å². The molecule has 2 unspecified atom stereocenters. The molecule has 2 aromatic rings. The van der Waals surface area contributed by atoms with Gasteiger partial charge in [-0.2, -0.15) is 0 Å². The lowest BCUT2D eigenvalue weighted by molar-refractivity contribution is -0.126. The van der Waals surface area contributed by atoms with Crippen molar-refractivity contribution in [2.75, 3.05) is 13.7 Å². The maximum absolute atomic E-state index is 12.8. The van der Waals surface area contributed by atoms with Crippen molar-refractivity contribution in [2.45, 2.75) is 151 Å². The largest absolute Gasteiger partial charge is 0.471 e. The minimum atomic E-state index is -0.118. The normalized spacial score (nSPS) is 19.2. The molecule has 1 aliphatic heterocycles. The van der Waals surface area contributed by atoms with Crippen LogP contribution < -0.4 is 5.32 Å². The predicted octanol–water partition coefficient (Wildman–Crippen LogP) is 11.4. The Balaban J connectivity index is -0.000000669. The third kappa shape index (κ3) is 17.0. The standard InChI is InChI=1S/C21H33NO.C9H11F.C2H4O2.3C2H6.H2/c1-16-22-15-14-20(21(2,3)23-16)19-12-10-18(11-13-19)17-8-6-4-5-7-9-17;1-7(2)8-5-3-4-6-9(8)10;1-4-2-3;3*1-2;/h10-13,16-17,20,22H,4-9,14-15H2,1-3H3;3-7H,1-2H3;2H,1H3;3*1-2H3;1H. The van der Waals surface area contributed by atoms with E-state index in [1.54, 1.807) is 11.6 Å². The van der Waals surface area contributed by atoms with Gasteiger partial charge in [-0.15, -0.1) is 0 Å². The molecule has 0 bridgehead atoms. The fourth-order valence-corrected chi connectivity index (χ4v) is 5.48. The molecule has 2 aromatic carbocycles. The molecule has 1 saturated carbocycles. The second-order valence-electron chi connectivity index (χ2n) is 11.0. The van der Waals surface area contributed by atoms with Gasteiger partial charge in [0.05, 0.1) is 12.7 Å². The van der Waals surface area contributed by atoms with Crippen LogP contribution in [0.15, 0.2) is 48.5 Å². The van der Waals surface area contributed by atoms with E-state index < -0.39 is 0 Å². The molecule has 0 spiro atoms. The van der Waals surface area contributed by atoms with E-state index in [2.05, 4.69) is 55.1 Å². The summed E-state index contributed by atoms with van der Waals surface area (Å²) < 4.78 is 22.9. The molecule has 4 nitrogen and oxygen atoms in total. The van der Waals surface area contributed by atoms with Crippen LogP contribution in [-0.2, 0) is 14.3 Å². The molecule has 43 heavy (non-hydrogen) atoms. The number of halogens is 1. The van der Waals surface area contributed by atoms with Crippen molar-refractivity contribution in [1.82, 2.24) is 5.32 Å². The number of methoxy groups -OCH3 is 1. The van der Waals surface area contributed by atoms with Gasteiger partial charge in [0.2, 0.25) is 0 Å². The van der Waals surface area contributed by atoms with E-state index >= 15 is 0 Å². The van der Waals surface area contributed by atoms with E-state index in [1.165, 1.54) is 57.3 Å². The summed E-state index contributed by atoms with van der Waals surface area (Å²) in [4.78, 5) is 8.95. The molecule has 1 N–H and O–H groups in total. The molecule has 5 heteroatoms. The van der Waals surface area contributed by atoms with Gasteiger partial charge in [-0.25, -0.2) is 4.39 Å². The van der Waals surface area contributed by atoms with Crippen LogP contribution in [0.3, 0.4) is 0 Å². The third-order valence-corrected chi connectivity index (χ3v) is 7.47. The fraction of sp³-hybridized carbons (Fsp3) is 0.658. The van der Waals surface area contributed by atoms with Crippen LogP contribution >= 0.6 is 0 Å². The number of carbonyl (C=O) groups excluding carboxylic acids is 1. The smallest absolute Gasteiger partial charge is 0.292 e. The van der Waals surface area contributed by atoms with E-state index in [1.807, 2.05) is 67.5 Å². The molecule has 2 atom stereocenters. The number of nitrogens with one attached hydrogen (secondary N) is 1. The summed E-state index contributed by atoms with van der Waals surface area (Å²) in [5, 5.41) is 3.45. The zero-order chi connectivity index (χ0) is 33.3. The van der Waals surface area contributed by atoms with Crippen molar-refractivity contribution >= 4 is 6.47 Å². The van der Waals surface area contributed by atoms with Crippen LogP contribution in [0.25, 0.3) is 0 Å². The summed E-state index contributed by atoms with van der Waals surface area (Å²) in [6.07, 6.45) is 9.68. The first kappa shape index (κ1) is 42.9. The molecule has 4 rings (SSSR count). The second kappa shape index (κ2) is 26.2.